The van der Waals surface area contributed by atoms with Gasteiger partial charge in [0.25, 0.3) is 0 Å². The van der Waals surface area contributed by atoms with Gasteiger partial charge in [0, 0.05) is 6.61 Å². The second-order valence-corrected chi connectivity index (χ2v) is 4.17. The maximum absolute atomic E-state index is 9.31. The molecular formula is C10H19N3O3. The van der Waals surface area contributed by atoms with Crippen LogP contribution in [0.2, 0.25) is 0 Å². The average Bonchev–Trinajstić information content (AvgIpc) is 2.65. The van der Waals surface area contributed by atoms with Crippen LogP contribution in [0.3, 0.4) is 0 Å². The van der Waals surface area contributed by atoms with Crippen LogP contribution in [0.4, 0.5) is 0 Å². The molecule has 1 aromatic heterocycles. The van der Waals surface area contributed by atoms with Crippen molar-refractivity contribution in [3.8, 4) is 0 Å². The molecule has 0 radical (unpaired) electrons. The summed E-state index contributed by atoms with van der Waals surface area (Å²) < 4.78 is 10.5. The number of aliphatic hydroxyl groups is 1. The molecule has 0 aliphatic heterocycles. The first-order chi connectivity index (χ1) is 7.38. The summed E-state index contributed by atoms with van der Waals surface area (Å²) >= 11 is 0. The molecule has 0 fully saturated rings. The van der Waals surface area contributed by atoms with Crippen molar-refractivity contribution < 1.29 is 14.4 Å². The standard InChI is InChI=1S/C10H19N3O3/c1-5-15-10(3,4)9-12-8(16-13-9)7(11)6(2)14/h6-7,14H,5,11H2,1-4H3. The Morgan fingerprint density at radius 2 is 2.19 bits per heavy atom. The summed E-state index contributed by atoms with van der Waals surface area (Å²) in [6, 6.07) is -0.668. The Bertz CT molecular complexity index is 336. The normalized spacial score (nSPS) is 16.1. The zero-order valence-electron chi connectivity index (χ0n) is 10.1. The molecule has 1 aromatic rings. The molecule has 92 valence electrons. The number of ether oxygens (including phenoxy) is 1. The Kier molecular flexibility index (Phi) is 4.01. The van der Waals surface area contributed by atoms with Crippen LogP contribution in [0.25, 0.3) is 0 Å². The van der Waals surface area contributed by atoms with E-state index in [0.29, 0.717) is 12.4 Å². The third-order valence-corrected chi connectivity index (χ3v) is 2.29. The Morgan fingerprint density at radius 1 is 1.56 bits per heavy atom. The summed E-state index contributed by atoms with van der Waals surface area (Å²) in [5.41, 5.74) is 5.07. The van der Waals surface area contributed by atoms with Gasteiger partial charge in [-0.3, -0.25) is 0 Å². The summed E-state index contributed by atoms with van der Waals surface area (Å²) in [6.45, 7) is 7.71. The van der Waals surface area contributed by atoms with E-state index >= 15 is 0 Å². The number of nitrogens with two attached hydrogens (primary N) is 1. The molecule has 2 unspecified atom stereocenters. The van der Waals surface area contributed by atoms with Crippen molar-refractivity contribution >= 4 is 0 Å². The molecule has 0 saturated carbocycles. The van der Waals surface area contributed by atoms with Gasteiger partial charge in [-0.25, -0.2) is 0 Å². The largest absolute Gasteiger partial charge is 0.391 e. The van der Waals surface area contributed by atoms with E-state index in [2.05, 4.69) is 10.1 Å². The van der Waals surface area contributed by atoms with Crippen LogP contribution >= 0.6 is 0 Å². The van der Waals surface area contributed by atoms with Crippen LogP contribution in [0.5, 0.6) is 0 Å². The molecule has 0 bridgehead atoms. The van der Waals surface area contributed by atoms with Crippen molar-refractivity contribution in [2.75, 3.05) is 6.61 Å². The lowest BCUT2D eigenvalue weighted by atomic mass is 10.1. The van der Waals surface area contributed by atoms with Gasteiger partial charge in [0.05, 0.1) is 6.10 Å². The van der Waals surface area contributed by atoms with Crippen molar-refractivity contribution in [1.29, 1.82) is 0 Å². The van der Waals surface area contributed by atoms with E-state index in [-0.39, 0.29) is 5.89 Å². The van der Waals surface area contributed by atoms with Gasteiger partial charge in [0.1, 0.15) is 11.6 Å². The Labute approximate surface area is 94.8 Å². The summed E-state index contributed by atoms with van der Waals surface area (Å²) in [7, 11) is 0. The molecule has 2 atom stereocenters. The zero-order valence-corrected chi connectivity index (χ0v) is 10.1. The summed E-state index contributed by atoms with van der Waals surface area (Å²) in [4.78, 5) is 4.13. The van der Waals surface area contributed by atoms with E-state index in [4.69, 9.17) is 15.0 Å². The van der Waals surface area contributed by atoms with E-state index in [0.717, 1.165) is 0 Å². The van der Waals surface area contributed by atoms with E-state index in [9.17, 15) is 5.11 Å². The second kappa shape index (κ2) is 4.90. The summed E-state index contributed by atoms with van der Waals surface area (Å²) in [5.74, 6) is 0.651. The van der Waals surface area contributed by atoms with Gasteiger partial charge in [0.15, 0.2) is 0 Å². The topological polar surface area (TPSA) is 94.4 Å². The van der Waals surface area contributed by atoms with Crippen LogP contribution in [-0.4, -0.2) is 28.0 Å². The van der Waals surface area contributed by atoms with E-state index in [1.165, 1.54) is 0 Å². The SMILES string of the molecule is CCOC(C)(C)c1noc(C(N)C(C)O)n1. The minimum absolute atomic E-state index is 0.220. The quantitative estimate of drug-likeness (QED) is 0.772. The molecule has 16 heavy (non-hydrogen) atoms. The van der Waals surface area contributed by atoms with Crippen molar-refractivity contribution in [1.82, 2.24) is 10.1 Å². The molecule has 0 spiro atoms. The highest BCUT2D eigenvalue weighted by molar-refractivity contribution is 5.00. The fourth-order valence-electron chi connectivity index (χ4n) is 1.25. The van der Waals surface area contributed by atoms with Crippen molar-refractivity contribution in [2.45, 2.75) is 45.4 Å². The summed E-state index contributed by atoms with van der Waals surface area (Å²) in [5, 5.41) is 13.1. The molecule has 6 heteroatoms. The maximum atomic E-state index is 9.31. The molecule has 1 rings (SSSR count). The fraction of sp³-hybridized carbons (Fsp3) is 0.800. The van der Waals surface area contributed by atoms with Gasteiger partial charge in [0.2, 0.25) is 11.7 Å². The minimum Gasteiger partial charge on any atom is -0.391 e. The van der Waals surface area contributed by atoms with Crippen molar-refractivity contribution in [3.63, 3.8) is 0 Å². The highest BCUT2D eigenvalue weighted by Gasteiger charge is 2.29. The van der Waals surface area contributed by atoms with Gasteiger partial charge in [-0.05, 0) is 27.7 Å². The molecule has 3 N–H and O–H groups in total. The van der Waals surface area contributed by atoms with Gasteiger partial charge >= 0.3 is 0 Å². The second-order valence-electron chi connectivity index (χ2n) is 4.17. The highest BCUT2D eigenvalue weighted by atomic mass is 16.5. The van der Waals surface area contributed by atoms with Crippen molar-refractivity contribution in [2.24, 2.45) is 5.73 Å². The van der Waals surface area contributed by atoms with E-state index in [1.807, 2.05) is 20.8 Å². The Morgan fingerprint density at radius 3 is 2.69 bits per heavy atom. The number of nitrogens with zero attached hydrogens (tertiary/aromatic N) is 2. The van der Waals surface area contributed by atoms with Crippen LogP contribution < -0.4 is 5.73 Å². The molecule has 0 amide bonds. The zero-order chi connectivity index (χ0) is 12.3. The van der Waals surface area contributed by atoms with Crippen LogP contribution in [0, 0.1) is 0 Å². The molecule has 0 saturated heterocycles. The number of aliphatic hydroxyl groups excluding tert-OH is 1. The molecule has 1 heterocycles. The molecule has 6 nitrogen and oxygen atoms in total. The lowest BCUT2D eigenvalue weighted by Gasteiger charge is -2.19. The monoisotopic (exact) mass is 229 g/mol. The van der Waals surface area contributed by atoms with Crippen molar-refractivity contribution in [3.05, 3.63) is 11.7 Å². The third-order valence-electron chi connectivity index (χ3n) is 2.29. The first-order valence-electron chi connectivity index (χ1n) is 5.30. The van der Waals surface area contributed by atoms with E-state index < -0.39 is 17.7 Å². The maximum Gasteiger partial charge on any atom is 0.246 e. The highest BCUT2D eigenvalue weighted by Crippen LogP contribution is 2.23. The van der Waals surface area contributed by atoms with Crippen LogP contribution in [-0.2, 0) is 10.3 Å². The number of aromatic nitrogens is 2. The Balaban J connectivity index is 2.86. The predicted octanol–water partition coefficient (Wildman–Crippen LogP) is 0.722. The van der Waals surface area contributed by atoms with E-state index in [1.54, 1.807) is 6.92 Å². The minimum atomic E-state index is -0.733. The lowest BCUT2D eigenvalue weighted by molar-refractivity contribution is -0.0221. The third kappa shape index (κ3) is 2.78. The molecule has 0 aliphatic carbocycles. The van der Waals surface area contributed by atoms with Gasteiger partial charge < -0.3 is 20.1 Å². The molecule has 0 aliphatic rings. The number of rotatable bonds is 5. The first-order valence-corrected chi connectivity index (χ1v) is 5.30. The Hall–Kier alpha value is -0.980. The van der Waals surface area contributed by atoms with Crippen LogP contribution in [0.1, 0.15) is 45.5 Å². The number of hydrogen-bond acceptors (Lipinski definition) is 6. The van der Waals surface area contributed by atoms with Gasteiger partial charge in [-0.1, -0.05) is 5.16 Å². The molecular weight excluding hydrogens is 210 g/mol. The van der Waals surface area contributed by atoms with Crippen LogP contribution in [0.15, 0.2) is 4.52 Å². The average molecular weight is 229 g/mol. The van der Waals surface area contributed by atoms with Gasteiger partial charge in [-0.15, -0.1) is 0 Å². The number of hydrogen-bond donors (Lipinski definition) is 2. The fourth-order valence-corrected chi connectivity index (χ4v) is 1.25. The van der Waals surface area contributed by atoms with Gasteiger partial charge in [-0.2, -0.15) is 4.98 Å². The summed E-state index contributed by atoms with van der Waals surface area (Å²) in [6.07, 6.45) is -0.733. The lowest BCUT2D eigenvalue weighted by Crippen LogP contribution is -2.25. The predicted molar refractivity (Wildman–Crippen MR) is 57.6 cm³/mol. The smallest absolute Gasteiger partial charge is 0.246 e. The molecule has 0 aromatic carbocycles. The first kappa shape index (κ1) is 13.1.